The third kappa shape index (κ3) is 2.79. The Kier molecular flexibility index (Phi) is 3.57. The van der Waals surface area contributed by atoms with E-state index in [1.165, 1.54) is 6.20 Å². The van der Waals surface area contributed by atoms with Crippen LogP contribution in [0.1, 0.15) is 5.56 Å². The lowest BCUT2D eigenvalue weighted by atomic mass is 10.0. The molecule has 0 aliphatic rings. The van der Waals surface area contributed by atoms with E-state index in [0.717, 1.165) is 38.7 Å². The molecule has 130 valence electrons. The van der Waals surface area contributed by atoms with Gasteiger partial charge in [0.1, 0.15) is 5.58 Å². The standard InChI is InChI=1S/C22H15N3O2/c26-22-13-24-19-6-8-23-12-20(19)25(22)14-15-2-1-3-16(10-15)17-4-5-21-18(11-17)7-9-27-21/h1-13H,14H2. The fourth-order valence-electron chi connectivity index (χ4n) is 3.35. The molecule has 3 heterocycles. The second-order valence-electron chi connectivity index (χ2n) is 6.42. The van der Waals surface area contributed by atoms with Gasteiger partial charge in [-0.3, -0.25) is 14.3 Å². The molecule has 0 bridgehead atoms. The molecular formula is C22H15N3O2. The lowest BCUT2D eigenvalue weighted by molar-refractivity contribution is 0.616. The van der Waals surface area contributed by atoms with E-state index in [0.29, 0.717) is 6.54 Å². The van der Waals surface area contributed by atoms with Crippen LogP contribution in [0.25, 0.3) is 33.1 Å². The average molecular weight is 353 g/mol. The Balaban J connectivity index is 1.57. The molecule has 0 N–H and O–H groups in total. The maximum absolute atomic E-state index is 12.4. The van der Waals surface area contributed by atoms with Gasteiger partial charge in [0.25, 0.3) is 5.56 Å². The minimum absolute atomic E-state index is 0.138. The zero-order chi connectivity index (χ0) is 18.2. The number of aromatic nitrogens is 3. The number of rotatable bonds is 3. The fraction of sp³-hybridized carbons (Fsp3) is 0.0455. The molecule has 5 heteroatoms. The van der Waals surface area contributed by atoms with Crippen molar-refractivity contribution in [2.24, 2.45) is 0 Å². The number of nitrogens with zero attached hydrogens (tertiary/aromatic N) is 3. The molecule has 3 aromatic heterocycles. The van der Waals surface area contributed by atoms with Gasteiger partial charge in [-0.05, 0) is 47.0 Å². The Morgan fingerprint density at radius 2 is 1.89 bits per heavy atom. The van der Waals surface area contributed by atoms with Crippen molar-refractivity contribution >= 4 is 22.0 Å². The minimum Gasteiger partial charge on any atom is -0.464 e. The quantitative estimate of drug-likeness (QED) is 0.486. The van der Waals surface area contributed by atoms with Gasteiger partial charge in [0.2, 0.25) is 0 Å². The molecule has 27 heavy (non-hydrogen) atoms. The third-order valence-electron chi connectivity index (χ3n) is 4.70. The lowest BCUT2D eigenvalue weighted by Gasteiger charge is -2.10. The summed E-state index contributed by atoms with van der Waals surface area (Å²) in [5.74, 6) is 0. The van der Waals surface area contributed by atoms with E-state index >= 15 is 0 Å². The average Bonchev–Trinajstić information content (AvgIpc) is 3.18. The Labute approximate surface area is 154 Å². The van der Waals surface area contributed by atoms with Crippen LogP contribution in [-0.2, 0) is 6.54 Å². The van der Waals surface area contributed by atoms with E-state index < -0.39 is 0 Å². The maximum Gasteiger partial charge on any atom is 0.269 e. The monoisotopic (exact) mass is 353 g/mol. The Hall–Kier alpha value is -3.73. The molecule has 5 nitrogen and oxygen atoms in total. The SMILES string of the molecule is O=c1cnc2ccncc2n1Cc1cccc(-c2ccc3occc3c2)c1. The summed E-state index contributed by atoms with van der Waals surface area (Å²) >= 11 is 0. The van der Waals surface area contributed by atoms with Gasteiger partial charge in [-0.1, -0.05) is 24.3 Å². The molecular weight excluding hydrogens is 338 g/mol. The first-order valence-electron chi connectivity index (χ1n) is 8.64. The third-order valence-corrected chi connectivity index (χ3v) is 4.70. The van der Waals surface area contributed by atoms with Crippen molar-refractivity contribution < 1.29 is 4.42 Å². The highest BCUT2D eigenvalue weighted by atomic mass is 16.3. The molecule has 0 fully saturated rings. The largest absolute Gasteiger partial charge is 0.464 e. The van der Waals surface area contributed by atoms with Crippen LogP contribution in [0.2, 0.25) is 0 Å². The van der Waals surface area contributed by atoms with Crippen LogP contribution in [0.4, 0.5) is 0 Å². The van der Waals surface area contributed by atoms with Gasteiger partial charge in [-0.15, -0.1) is 0 Å². The number of pyridine rings is 1. The normalized spacial score (nSPS) is 11.3. The first-order chi connectivity index (χ1) is 13.3. The predicted molar refractivity (Wildman–Crippen MR) is 105 cm³/mol. The van der Waals surface area contributed by atoms with Gasteiger partial charge >= 0.3 is 0 Å². The molecule has 0 radical (unpaired) electrons. The second-order valence-corrected chi connectivity index (χ2v) is 6.42. The van der Waals surface area contributed by atoms with Crippen LogP contribution < -0.4 is 5.56 Å². The summed E-state index contributed by atoms with van der Waals surface area (Å²) in [5, 5.41) is 1.07. The summed E-state index contributed by atoms with van der Waals surface area (Å²) in [6.07, 6.45) is 6.41. The zero-order valence-corrected chi connectivity index (χ0v) is 14.4. The van der Waals surface area contributed by atoms with Crippen molar-refractivity contribution in [3.05, 3.63) is 95.4 Å². The number of furan rings is 1. The molecule has 5 aromatic rings. The smallest absolute Gasteiger partial charge is 0.269 e. The number of benzene rings is 2. The summed E-state index contributed by atoms with van der Waals surface area (Å²) in [4.78, 5) is 20.7. The van der Waals surface area contributed by atoms with Crippen LogP contribution in [0.3, 0.4) is 0 Å². The molecule has 2 aromatic carbocycles. The van der Waals surface area contributed by atoms with Crippen LogP contribution >= 0.6 is 0 Å². The molecule has 0 atom stereocenters. The van der Waals surface area contributed by atoms with Crippen LogP contribution in [-0.4, -0.2) is 14.5 Å². The Morgan fingerprint density at radius 1 is 0.963 bits per heavy atom. The molecule has 0 saturated heterocycles. The van der Waals surface area contributed by atoms with Crippen molar-refractivity contribution in [3.8, 4) is 11.1 Å². The van der Waals surface area contributed by atoms with Gasteiger partial charge in [-0.2, -0.15) is 0 Å². The van der Waals surface area contributed by atoms with E-state index in [-0.39, 0.29) is 5.56 Å². The topological polar surface area (TPSA) is 60.9 Å². The van der Waals surface area contributed by atoms with Crippen LogP contribution in [0.5, 0.6) is 0 Å². The minimum atomic E-state index is -0.138. The molecule has 5 rings (SSSR count). The zero-order valence-electron chi connectivity index (χ0n) is 14.4. The molecule has 0 spiro atoms. The van der Waals surface area contributed by atoms with Gasteiger partial charge in [0.15, 0.2) is 0 Å². The van der Waals surface area contributed by atoms with Crippen LogP contribution in [0.15, 0.2) is 88.7 Å². The number of hydrogen-bond acceptors (Lipinski definition) is 4. The molecule has 0 unspecified atom stereocenters. The molecule has 0 aliphatic carbocycles. The highest BCUT2D eigenvalue weighted by Gasteiger charge is 2.07. The molecule has 0 aliphatic heterocycles. The van der Waals surface area contributed by atoms with Crippen LogP contribution in [0, 0.1) is 0 Å². The van der Waals surface area contributed by atoms with Gasteiger partial charge in [-0.25, -0.2) is 4.98 Å². The van der Waals surface area contributed by atoms with Crippen molar-refractivity contribution in [2.75, 3.05) is 0 Å². The van der Waals surface area contributed by atoms with E-state index in [9.17, 15) is 4.79 Å². The highest BCUT2D eigenvalue weighted by molar-refractivity contribution is 5.83. The van der Waals surface area contributed by atoms with E-state index in [1.807, 2.05) is 36.4 Å². The first-order valence-corrected chi connectivity index (χ1v) is 8.64. The highest BCUT2D eigenvalue weighted by Crippen LogP contribution is 2.26. The van der Waals surface area contributed by atoms with E-state index in [2.05, 4.69) is 28.2 Å². The number of fused-ring (bicyclic) bond motifs is 2. The summed E-state index contributed by atoms with van der Waals surface area (Å²) < 4.78 is 7.12. The summed E-state index contributed by atoms with van der Waals surface area (Å²) in [6, 6.07) is 18.1. The van der Waals surface area contributed by atoms with Crippen molar-refractivity contribution in [1.29, 1.82) is 0 Å². The molecule has 0 saturated carbocycles. The van der Waals surface area contributed by atoms with Gasteiger partial charge < -0.3 is 4.42 Å². The fourth-order valence-corrected chi connectivity index (χ4v) is 3.35. The Morgan fingerprint density at radius 3 is 2.85 bits per heavy atom. The molecule has 0 amide bonds. The van der Waals surface area contributed by atoms with E-state index in [4.69, 9.17) is 4.42 Å². The first kappa shape index (κ1) is 15.5. The maximum atomic E-state index is 12.4. The Bertz CT molecular complexity index is 1330. The second kappa shape index (κ2) is 6.21. The summed E-state index contributed by atoms with van der Waals surface area (Å²) in [7, 11) is 0. The van der Waals surface area contributed by atoms with Crippen molar-refractivity contribution in [1.82, 2.24) is 14.5 Å². The lowest BCUT2D eigenvalue weighted by Crippen LogP contribution is -2.21. The van der Waals surface area contributed by atoms with Crippen molar-refractivity contribution in [2.45, 2.75) is 6.54 Å². The summed E-state index contributed by atoms with van der Waals surface area (Å²) in [6.45, 7) is 0.464. The van der Waals surface area contributed by atoms with E-state index in [1.54, 1.807) is 23.2 Å². The number of hydrogen-bond donors (Lipinski definition) is 0. The van der Waals surface area contributed by atoms with Gasteiger partial charge in [0, 0.05) is 11.6 Å². The van der Waals surface area contributed by atoms with Crippen molar-refractivity contribution in [3.63, 3.8) is 0 Å². The summed E-state index contributed by atoms with van der Waals surface area (Å²) in [5.41, 5.74) is 5.47. The predicted octanol–water partition coefficient (Wildman–Crippen LogP) is 4.25. The van der Waals surface area contributed by atoms with Gasteiger partial charge in [0.05, 0.1) is 36.2 Å².